The lowest BCUT2D eigenvalue weighted by Crippen LogP contribution is -2.09. The van der Waals surface area contributed by atoms with E-state index in [4.69, 9.17) is 21.9 Å². The Morgan fingerprint density at radius 2 is 1.22 bits per heavy atom. The van der Waals surface area contributed by atoms with Gasteiger partial charge in [0.15, 0.2) is 11.6 Å². The largest absolute Gasteiger partial charge is 0.466 e. The van der Waals surface area contributed by atoms with Crippen molar-refractivity contribution in [2.75, 3.05) is 23.8 Å². The molecule has 2 heterocycles. The number of azo groups is 2. The van der Waals surface area contributed by atoms with Gasteiger partial charge in [-0.15, -0.1) is 10.2 Å². The highest BCUT2D eigenvalue weighted by Gasteiger charge is 2.08. The van der Waals surface area contributed by atoms with Crippen LogP contribution in [0, 0.1) is 0 Å². The Bertz CT molecular complexity index is 1360. The van der Waals surface area contributed by atoms with Gasteiger partial charge in [-0.1, -0.05) is 36.4 Å². The molecule has 0 aliphatic rings. The number of carbonyl (C=O) groups excluding carboxylic acids is 1. The second kappa shape index (κ2) is 13.6. The van der Waals surface area contributed by atoms with Crippen LogP contribution in [-0.2, 0) is 16.0 Å². The number of pyridine rings is 2. The Morgan fingerprint density at radius 1 is 0.703 bits per heavy atom. The van der Waals surface area contributed by atoms with Gasteiger partial charge in [0.05, 0.1) is 30.1 Å². The van der Waals surface area contributed by atoms with Crippen molar-refractivity contribution in [1.82, 2.24) is 9.97 Å². The summed E-state index contributed by atoms with van der Waals surface area (Å²) in [7, 11) is 0. The van der Waals surface area contributed by atoms with Crippen LogP contribution in [0.5, 0.6) is 0 Å². The maximum Gasteiger partial charge on any atom is 0.311 e. The fourth-order valence-corrected chi connectivity index (χ4v) is 2.83. The van der Waals surface area contributed by atoms with Crippen molar-refractivity contribution < 1.29 is 9.53 Å². The highest BCUT2D eigenvalue weighted by atomic mass is 16.5. The second-order valence-electron chi connectivity index (χ2n) is 7.40. The highest BCUT2D eigenvalue weighted by Crippen LogP contribution is 2.24. The minimum Gasteiger partial charge on any atom is -0.466 e. The first-order valence-electron chi connectivity index (χ1n) is 11.3. The van der Waals surface area contributed by atoms with Crippen molar-refractivity contribution in [2.45, 2.75) is 13.3 Å². The van der Waals surface area contributed by atoms with Gasteiger partial charge in [-0.25, -0.2) is 9.97 Å². The molecule has 0 spiro atoms. The van der Waals surface area contributed by atoms with Crippen molar-refractivity contribution in [2.24, 2.45) is 20.5 Å². The quantitative estimate of drug-likeness (QED) is 0.211. The predicted octanol–water partition coefficient (Wildman–Crippen LogP) is 5.85. The number of anilines is 3. The summed E-state index contributed by atoms with van der Waals surface area (Å²) in [5.41, 5.74) is 19.9. The van der Waals surface area contributed by atoms with E-state index in [-0.39, 0.29) is 24.0 Å². The normalized spacial score (nSPS) is 10.7. The number of nitrogens with zero attached hydrogens (tertiary/aromatic N) is 6. The Labute approximate surface area is 214 Å². The zero-order chi connectivity index (χ0) is 26.5. The molecule has 0 fully saturated rings. The van der Waals surface area contributed by atoms with E-state index in [9.17, 15) is 4.79 Å². The second-order valence-corrected chi connectivity index (χ2v) is 7.40. The van der Waals surface area contributed by atoms with Crippen molar-refractivity contribution >= 4 is 46.2 Å². The van der Waals surface area contributed by atoms with Crippen LogP contribution >= 0.6 is 0 Å². The van der Waals surface area contributed by atoms with Crippen molar-refractivity contribution in [3.8, 4) is 0 Å². The van der Waals surface area contributed by atoms with E-state index in [1.165, 1.54) is 0 Å². The molecule has 0 amide bonds. The van der Waals surface area contributed by atoms with Crippen LogP contribution in [0.15, 0.2) is 105 Å². The van der Waals surface area contributed by atoms with Crippen molar-refractivity contribution in [3.05, 3.63) is 90.6 Å². The average Bonchev–Trinajstić information content (AvgIpc) is 2.89. The number of nitrogens with two attached hydrogens (primary N) is 3. The molecule has 2 aromatic carbocycles. The first-order chi connectivity index (χ1) is 17.9. The number of nitrogen functional groups attached to an aromatic ring is 3. The summed E-state index contributed by atoms with van der Waals surface area (Å²) in [6, 6.07) is 25.4. The molecule has 0 aliphatic heterocycles. The average molecular weight is 498 g/mol. The van der Waals surface area contributed by atoms with Gasteiger partial charge in [0.2, 0.25) is 0 Å². The van der Waals surface area contributed by atoms with Crippen molar-refractivity contribution in [1.29, 1.82) is 0 Å². The first kappa shape index (κ1) is 26.4. The smallest absolute Gasteiger partial charge is 0.311 e. The highest BCUT2D eigenvalue weighted by molar-refractivity contribution is 5.72. The molecule has 188 valence electrons. The number of ether oxygens (including phenoxy) is 1. The van der Waals surface area contributed by atoms with Gasteiger partial charge in [-0.3, -0.25) is 4.79 Å². The number of hydrogen-bond donors (Lipinski definition) is 3. The summed E-state index contributed by atoms with van der Waals surface area (Å²) in [5, 5.41) is 16.2. The molecule has 37 heavy (non-hydrogen) atoms. The Kier molecular flexibility index (Phi) is 9.73. The summed E-state index contributed by atoms with van der Waals surface area (Å²) in [6.45, 7) is 2.10. The maximum absolute atomic E-state index is 11.4. The minimum atomic E-state index is -0.330. The lowest BCUT2D eigenvalue weighted by Gasteiger charge is -2.03. The van der Waals surface area contributed by atoms with Crippen LogP contribution in [0.2, 0.25) is 0 Å². The summed E-state index contributed by atoms with van der Waals surface area (Å²) in [6.07, 6.45) is 0.0914. The third-order valence-corrected chi connectivity index (χ3v) is 4.57. The molecule has 6 N–H and O–H groups in total. The zero-order valence-corrected chi connectivity index (χ0v) is 20.2. The Hall–Kier alpha value is -5.19. The summed E-state index contributed by atoms with van der Waals surface area (Å²) >= 11 is 0. The molecule has 2 aromatic heterocycles. The van der Waals surface area contributed by atoms with Gasteiger partial charge in [0.1, 0.15) is 17.2 Å². The van der Waals surface area contributed by atoms with E-state index < -0.39 is 0 Å². The van der Waals surface area contributed by atoms with Crippen LogP contribution in [-0.4, -0.2) is 22.5 Å². The minimum absolute atomic E-state index is 0.0914. The van der Waals surface area contributed by atoms with Crippen molar-refractivity contribution in [3.63, 3.8) is 0 Å². The molecular formula is C26H27N9O2. The third kappa shape index (κ3) is 8.83. The topological polar surface area (TPSA) is 180 Å². The first-order valence-corrected chi connectivity index (χ1v) is 11.3. The number of carbonyl (C=O) groups is 1. The Morgan fingerprint density at radius 3 is 1.70 bits per heavy atom. The Balaban J connectivity index is 0.000000213. The van der Waals surface area contributed by atoms with Crippen LogP contribution in [0.1, 0.15) is 12.6 Å². The summed E-state index contributed by atoms with van der Waals surface area (Å²) in [4.78, 5) is 19.4. The lowest BCUT2D eigenvalue weighted by atomic mass is 10.2. The molecule has 11 heteroatoms. The van der Waals surface area contributed by atoms with E-state index in [0.29, 0.717) is 29.5 Å². The molecule has 0 bridgehead atoms. The maximum atomic E-state index is 11.4. The molecule has 4 rings (SSSR count). The van der Waals surface area contributed by atoms with Crippen LogP contribution in [0.3, 0.4) is 0 Å². The fraction of sp³-hybridized carbons (Fsp3) is 0.115. The van der Waals surface area contributed by atoms with Gasteiger partial charge in [0.25, 0.3) is 0 Å². The number of aromatic nitrogens is 2. The summed E-state index contributed by atoms with van der Waals surface area (Å²) in [5.74, 6) is 0.551. The van der Waals surface area contributed by atoms with Crippen LogP contribution in [0.4, 0.5) is 40.2 Å². The van der Waals surface area contributed by atoms with Crippen LogP contribution in [0.25, 0.3) is 0 Å². The standard InChI is InChI=1S/C15H16N4O2.C11H11N5/c1-2-21-14(20)10-12-8-9-13(15(16)17-12)19-18-11-6-4-3-5-7-11;12-10-7-6-9(11(13)14-10)16-15-8-4-2-1-3-5-8/h3-9H,2,10H2,1H3,(H2,16,17);1-7H,(H4,12,13,14). The fourth-order valence-electron chi connectivity index (χ4n) is 2.83. The molecule has 0 saturated heterocycles. The molecule has 0 aliphatic carbocycles. The monoisotopic (exact) mass is 497 g/mol. The van der Waals surface area contributed by atoms with E-state index >= 15 is 0 Å². The zero-order valence-electron chi connectivity index (χ0n) is 20.2. The van der Waals surface area contributed by atoms with Gasteiger partial charge < -0.3 is 21.9 Å². The molecular weight excluding hydrogens is 470 g/mol. The number of esters is 1. The van der Waals surface area contributed by atoms with Gasteiger partial charge in [-0.05, 0) is 55.5 Å². The molecule has 11 nitrogen and oxygen atoms in total. The van der Waals surface area contributed by atoms with Gasteiger partial charge >= 0.3 is 5.97 Å². The SMILES string of the molecule is CCOC(=O)Cc1ccc(N=Nc2ccccc2)c(N)n1.Nc1ccc(N=Nc2ccccc2)c(N)n1. The molecule has 0 saturated carbocycles. The van der Waals surface area contributed by atoms with E-state index in [1.807, 2.05) is 60.7 Å². The molecule has 0 radical (unpaired) electrons. The number of benzene rings is 2. The van der Waals surface area contributed by atoms with Gasteiger partial charge in [0, 0.05) is 0 Å². The number of rotatable bonds is 7. The number of hydrogen-bond acceptors (Lipinski definition) is 11. The summed E-state index contributed by atoms with van der Waals surface area (Å²) < 4.78 is 4.86. The van der Waals surface area contributed by atoms with E-state index in [1.54, 1.807) is 31.2 Å². The predicted molar refractivity (Wildman–Crippen MR) is 143 cm³/mol. The van der Waals surface area contributed by atoms with E-state index in [2.05, 4.69) is 30.4 Å². The lowest BCUT2D eigenvalue weighted by molar-refractivity contribution is -0.142. The van der Waals surface area contributed by atoms with E-state index in [0.717, 1.165) is 11.4 Å². The van der Waals surface area contributed by atoms with Gasteiger partial charge in [-0.2, -0.15) is 10.2 Å². The van der Waals surface area contributed by atoms with Crippen LogP contribution < -0.4 is 17.2 Å². The molecule has 0 unspecified atom stereocenters. The molecule has 4 aromatic rings. The third-order valence-electron chi connectivity index (χ3n) is 4.57. The molecule has 0 atom stereocenters.